The summed E-state index contributed by atoms with van der Waals surface area (Å²) in [7, 11) is 0. The molecule has 2 unspecified atom stereocenters. The lowest BCUT2D eigenvalue weighted by atomic mass is 9.72. The lowest BCUT2D eigenvalue weighted by Gasteiger charge is -2.40. The molecule has 33 heavy (non-hydrogen) atoms. The van der Waals surface area contributed by atoms with Gasteiger partial charge in [0.15, 0.2) is 5.78 Å². The molecular formula is C27H20Cl2INO2. The van der Waals surface area contributed by atoms with Gasteiger partial charge in [-0.15, -0.1) is 0 Å². The van der Waals surface area contributed by atoms with Crippen LogP contribution in [-0.4, -0.2) is 11.7 Å². The minimum atomic E-state index is -0.400. The first-order chi connectivity index (χ1) is 15.9. The number of allylic oxidation sites excluding steroid dienone is 2. The highest BCUT2D eigenvalue weighted by molar-refractivity contribution is 14.1. The van der Waals surface area contributed by atoms with E-state index in [2.05, 4.69) is 34.7 Å². The second kappa shape index (κ2) is 9.24. The summed E-state index contributed by atoms with van der Waals surface area (Å²) in [6, 6.07) is 23.3. The van der Waals surface area contributed by atoms with Crippen molar-refractivity contribution in [3.8, 4) is 0 Å². The van der Waals surface area contributed by atoms with Gasteiger partial charge in [0.05, 0.1) is 10.0 Å². The van der Waals surface area contributed by atoms with Gasteiger partial charge in [0.2, 0.25) is 5.91 Å². The zero-order valence-electron chi connectivity index (χ0n) is 17.6. The topological polar surface area (TPSA) is 37.4 Å². The number of carbonyl (C=O) groups excluding carboxylic acids is 2. The average Bonchev–Trinajstić information content (AvgIpc) is 2.81. The Morgan fingerprint density at radius 3 is 2.27 bits per heavy atom. The van der Waals surface area contributed by atoms with Crippen molar-refractivity contribution in [1.29, 1.82) is 0 Å². The number of ketones is 1. The summed E-state index contributed by atoms with van der Waals surface area (Å²) in [5.74, 6) is -0.361. The summed E-state index contributed by atoms with van der Waals surface area (Å²) >= 11 is 15.1. The largest absolute Gasteiger partial charge is 0.294 e. The quantitative estimate of drug-likeness (QED) is 0.297. The Labute approximate surface area is 216 Å². The monoisotopic (exact) mass is 587 g/mol. The average molecular weight is 588 g/mol. The Morgan fingerprint density at radius 1 is 0.818 bits per heavy atom. The molecule has 3 aromatic carbocycles. The molecule has 0 radical (unpaired) electrons. The van der Waals surface area contributed by atoms with Gasteiger partial charge in [-0.05, 0) is 76.4 Å². The van der Waals surface area contributed by atoms with Gasteiger partial charge in [-0.2, -0.15) is 0 Å². The van der Waals surface area contributed by atoms with Crippen LogP contribution < -0.4 is 4.90 Å². The molecule has 5 rings (SSSR count). The number of Topliss-reactive ketones (excluding diaryl/α,β-unsaturated/α-hetero) is 1. The fourth-order valence-corrected chi connectivity index (χ4v) is 5.74. The maximum Gasteiger partial charge on any atom is 0.232 e. The van der Waals surface area contributed by atoms with Crippen molar-refractivity contribution in [3.05, 3.63) is 109 Å². The van der Waals surface area contributed by atoms with Crippen molar-refractivity contribution in [2.45, 2.75) is 31.1 Å². The summed E-state index contributed by atoms with van der Waals surface area (Å²) in [6.45, 7) is 0. The molecule has 6 heteroatoms. The summed E-state index contributed by atoms with van der Waals surface area (Å²) in [5.41, 5.74) is 4.09. The highest BCUT2D eigenvalue weighted by Gasteiger charge is 2.43. The molecule has 0 saturated heterocycles. The van der Waals surface area contributed by atoms with Gasteiger partial charge in [-0.1, -0.05) is 65.7 Å². The van der Waals surface area contributed by atoms with E-state index in [-0.39, 0.29) is 24.0 Å². The molecule has 1 heterocycles. The number of anilines is 1. The number of benzene rings is 3. The zero-order valence-corrected chi connectivity index (χ0v) is 21.3. The zero-order chi connectivity index (χ0) is 23.1. The number of hydrogen-bond donors (Lipinski definition) is 0. The third kappa shape index (κ3) is 4.25. The molecule has 1 amide bonds. The van der Waals surface area contributed by atoms with Gasteiger partial charge in [0, 0.05) is 39.3 Å². The van der Waals surface area contributed by atoms with E-state index >= 15 is 0 Å². The van der Waals surface area contributed by atoms with E-state index in [0.29, 0.717) is 28.5 Å². The van der Waals surface area contributed by atoms with Gasteiger partial charge in [0.1, 0.15) is 0 Å². The molecular weight excluding hydrogens is 568 g/mol. The van der Waals surface area contributed by atoms with Gasteiger partial charge >= 0.3 is 0 Å². The minimum absolute atomic E-state index is 0.0187. The van der Waals surface area contributed by atoms with Crippen molar-refractivity contribution in [3.63, 3.8) is 0 Å². The first-order valence-electron chi connectivity index (χ1n) is 10.8. The third-order valence-electron chi connectivity index (χ3n) is 6.44. The first kappa shape index (κ1) is 22.6. The fraction of sp³-hybridized carbons (Fsp3) is 0.185. The normalized spacial score (nSPS) is 20.8. The van der Waals surface area contributed by atoms with Crippen LogP contribution in [0, 0.1) is 3.57 Å². The molecule has 3 nitrogen and oxygen atoms in total. The standard InChI is InChI=1S/C27H20Cl2INO2/c28-22-8-4-7-20(27(22)29)21-15-25(33)31(19-11-9-18(30)10-12-19)23-13-17(14-24(32)26(21)23)16-5-2-1-3-6-16/h1-12,17,21H,13-15H2. The summed E-state index contributed by atoms with van der Waals surface area (Å²) in [5, 5.41) is 0.832. The van der Waals surface area contributed by atoms with Crippen LogP contribution in [0.5, 0.6) is 0 Å². The Morgan fingerprint density at radius 2 is 1.55 bits per heavy atom. The number of amides is 1. The van der Waals surface area contributed by atoms with Gasteiger partial charge < -0.3 is 0 Å². The maximum absolute atomic E-state index is 13.7. The minimum Gasteiger partial charge on any atom is -0.294 e. The van der Waals surface area contributed by atoms with Crippen LogP contribution in [0.2, 0.25) is 10.0 Å². The molecule has 0 aromatic heterocycles. The number of rotatable bonds is 3. The summed E-state index contributed by atoms with van der Waals surface area (Å²) in [4.78, 5) is 29.0. The van der Waals surface area contributed by atoms with E-state index in [1.165, 1.54) is 0 Å². The summed E-state index contributed by atoms with van der Waals surface area (Å²) < 4.78 is 1.08. The van der Waals surface area contributed by atoms with Gasteiger partial charge in [-0.3, -0.25) is 14.5 Å². The van der Waals surface area contributed by atoms with Crippen molar-refractivity contribution in [2.24, 2.45) is 0 Å². The highest BCUT2D eigenvalue weighted by atomic mass is 127. The lowest BCUT2D eigenvalue weighted by Crippen LogP contribution is -2.41. The van der Waals surface area contributed by atoms with Crippen molar-refractivity contribution in [1.82, 2.24) is 0 Å². The van der Waals surface area contributed by atoms with E-state index in [1.807, 2.05) is 54.6 Å². The van der Waals surface area contributed by atoms with Crippen molar-refractivity contribution < 1.29 is 9.59 Å². The van der Waals surface area contributed by atoms with Crippen molar-refractivity contribution >= 4 is 63.2 Å². The third-order valence-corrected chi connectivity index (χ3v) is 7.99. The molecule has 3 aromatic rings. The SMILES string of the molecule is O=C1CC(c2ccccc2)CC2=C1C(c1cccc(Cl)c1Cl)CC(=O)N2c1ccc(I)cc1. The molecule has 0 saturated carbocycles. The Hall–Kier alpha value is -2.15. The smallest absolute Gasteiger partial charge is 0.232 e. The van der Waals surface area contributed by atoms with Crippen LogP contribution in [0.3, 0.4) is 0 Å². The number of halogens is 3. The number of hydrogen-bond acceptors (Lipinski definition) is 2. The van der Waals surface area contributed by atoms with Crippen LogP contribution in [0.4, 0.5) is 5.69 Å². The second-order valence-corrected chi connectivity index (χ2v) is 10.4. The maximum atomic E-state index is 13.7. The predicted molar refractivity (Wildman–Crippen MR) is 141 cm³/mol. The molecule has 0 fully saturated rings. The first-order valence-corrected chi connectivity index (χ1v) is 12.6. The fourth-order valence-electron chi connectivity index (χ4n) is 4.94. The number of carbonyl (C=O) groups is 2. The van der Waals surface area contributed by atoms with E-state index in [4.69, 9.17) is 23.2 Å². The second-order valence-electron chi connectivity index (χ2n) is 8.40. The number of nitrogens with zero attached hydrogens (tertiary/aromatic N) is 1. The van der Waals surface area contributed by atoms with Crippen LogP contribution in [0.25, 0.3) is 0 Å². The Bertz CT molecular complexity index is 1270. The molecule has 2 atom stereocenters. The summed E-state index contributed by atoms with van der Waals surface area (Å²) in [6.07, 6.45) is 1.19. The predicted octanol–water partition coefficient (Wildman–Crippen LogP) is 7.52. The van der Waals surface area contributed by atoms with Gasteiger partial charge in [-0.25, -0.2) is 0 Å². The highest BCUT2D eigenvalue weighted by Crippen LogP contribution is 2.48. The Balaban J connectivity index is 1.68. The van der Waals surface area contributed by atoms with Crippen molar-refractivity contribution in [2.75, 3.05) is 4.90 Å². The molecule has 1 aliphatic carbocycles. The van der Waals surface area contributed by atoms with E-state index in [1.54, 1.807) is 11.0 Å². The molecule has 0 spiro atoms. The van der Waals surface area contributed by atoms with E-state index < -0.39 is 5.92 Å². The Kier molecular flexibility index (Phi) is 6.34. The molecule has 0 N–H and O–H groups in total. The lowest BCUT2D eigenvalue weighted by molar-refractivity contribution is -0.120. The van der Waals surface area contributed by atoms with Gasteiger partial charge in [0.25, 0.3) is 0 Å². The van der Waals surface area contributed by atoms with E-state index in [9.17, 15) is 9.59 Å². The molecule has 0 bridgehead atoms. The molecule has 1 aliphatic heterocycles. The van der Waals surface area contributed by atoms with Crippen LogP contribution in [-0.2, 0) is 9.59 Å². The van der Waals surface area contributed by atoms with E-state index in [0.717, 1.165) is 26.1 Å². The van der Waals surface area contributed by atoms with Crippen LogP contribution in [0.15, 0.2) is 84.1 Å². The van der Waals surface area contributed by atoms with Crippen LogP contribution in [0.1, 0.15) is 42.2 Å². The van der Waals surface area contributed by atoms with Crippen LogP contribution >= 0.6 is 45.8 Å². The molecule has 166 valence electrons. The molecule has 2 aliphatic rings.